The first-order chi connectivity index (χ1) is 9.51. The van der Waals surface area contributed by atoms with Crippen LogP contribution in [0.1, 0.15) is 24.0 Å². The van der Waals surface area contributed by atoms with Crippen molar-refractivity contribution in [3.05, 3.63) is 34.1 Å². The lowest BCUT2D eigenvalue weighted by molar-refractivity contribution is -0.147. The first-order valence-electron chi connectivity index (χ1n) is 6.76. The number of methoxy groups -OCH3 is 1. The van der Waals surface area contributed by atoms with E-state index in [0.29, 0.717) is 23.7 Å². The number of aryl methyl sites for hydroxylation is 1. The van der Waals surface area contributed by atoms with Crippen LogP contribution in [0, 0.1) is 18.7 Å². The smallest absolute Gasteiger partial charge is 0.309 e. The maximum atomic E-state index is 13.6. The van der Waals surface area contributed by atoms with E-state index in [9.17, 15) is 9.18 Å². The van der Waals surface area contributed by atoms with Crippen LogP contribution in [0.5, 0.6) is 0 Å². The Balaban J connectivity index is 2.06. The van der Waals surface area contributed by atoms with Crippen molar-refractivity contribution < 1.29 is 13.9 Å². The number of rotatable bonds is 3. The largest absolute Gasteiger partial charge is 0.469 e. The van der Waals surface area contributed by atoms with Crippen molar-refractivity contribution in [1.29, 1.82) is 0 Å². The standard InChI is InChI=1S/C15H19ClFNO2/c1-10-6-13(16)12(7-14(10)17)9-18-5-3-4-11(8-18)15(19)20-2/h6-7,11H,3-5,8-9H2,1-2H3. The first-order valence-corrected chi connectivity index (χ1v) is 7.13. The molecule has 0 amide bonds. The molecular weight excluding hydrogens is 281 g/mol. The quantitative estimate of drug-likeness (QED) is 0.803. The molecule has 2 rings (SSSR count). The van der Waals surface area contributed by atoms with Crippen molar-refractivity contribution in [2.75, 3.05) is 20.2 Å². The Labute approximate surface area is 123 Å². The van der Waals surface area contributed by atoms with Gasteiger partial charge in [0.05, 0.1) is 13.0 Å². The van der Waals surface area contributed by atoms with E-state index in [0.717, 1.165) is 24.9 Å². The summed E-state index contributed by atoms with van der Waals surface area (Å²) in [6.07, 6.45) is 1.78. The van der Waals surface area contributed by atoms with Crippen LogP contribution in [-0.4, -0.2) is 31.1 Å². The zero-order valence-corrected chi connectivity index (χ0v) is 12.5. The van der Waals surface area contributed by atoms with Crippen molar-refractivity contribution in [3.8, 4) is 0 Å². The van der Waals surface area contributed by atoms with Crippen LogP contribution in [0.15, 0.2) is 12.1 Å². The number of benzene rings is 1. The van der Waals surface area contributed by atoms with Gasteiger partial charge in [-0.3, -0.25) is 9.69 Å². The minimum Gasteiger partial charge on any atom is -0.469 e. The Morgan fingerprint density at radius 3 is 3.00 bits per heavy atom. The van der Waals surface area contributed by atoms with Crippen LogP contribution in [0.4, 0.5) is 4.39 Å². The monoisotopic (exact) mass is 299 g/mol. The molecule has 0 bridgehead atoms. The van der Waals surface area contributed by atoms with E-state index >= 15 is 0 Å². The van der Waals surface area contributed by atoms with Crippen LogP contribution in [0.3, 0.4) is 0 Å². The fourth-order valence-electron chi connectivity index (χ4n) is 2.61. The molecule has 0 aromatic heterocycles. The summed E-state index contributed by atoms with van der Waals surface area (Å²) < 4.78 is 18.4. The van der Waals surface area contributed by atoms with Crippen LogP contribution >= 0.6 is 11.6 Å². The van der Waals surface area contributed by atoms with Crippen molar-refractivity contribution in [2.45, 2.75) is 26.3 Å². The van der Waals surface area contributed by atoms with E-state index in [1.165, 1.54) is 13.2 Å². The molecule has 110 valence electrons. The van der Waals surface area contributed by atoms with Gasteiger partial charge in [0.15, 0.2) is 0 Å². The zero-order chi connectivity index (χ0) is 14.7. The van der Waals surface area contributed by atoms with Gasteiger partial charge in [-0.15, -0.1) is 0 Å². The van der Waals surface area contributed by atoms with Gasteiger partial charge in [0.2, 0.25) is 0 Å². The minimum absolute atomic E-state index is 0.0946. The second kappa shape index (κ2) is 6.55. The number of ether oxygens (including phenoxy) is 1. The summed E-state index contributed by atoms with van der Waals surface area (Å²) in [4.78, 5) is 13.7. The lowest BCUT2D eigenvalue weighted by atomic mass is 9.97. The van der Waals surface area contributed by atoms with E-state index in [4.69, 9.17) is 16.3 Å². The molecule has 20 heavy (non-hydrogen) atoms. The summed E-state index contributed by atoms with van der Waals surface area (Å²) in [7, 11) is 1.41. The topological polar surface area (TPSA) is 29.5 Å². The Hall–Kier alpha value is -1.13. The number of piperidine rings is 1. The maximum Gasteiger partial charge on any atom is 0.309 e. The third kappa shape index (κ3) is 3.49. The Morgan fingerprint density at radius 2 is 2.30 bits per heavy atom. The third-order valence-corrected chi connectivity index (χ3v) is 4.11. The Morgan fingerprint density at radius 1 is 1.55 bits per heavy atom. The van der Waals surface area contributed by atoms with Gasteiger partial charge in [-0.05, 0) is 49.6 Å². The third-order valence-electron chi connectivity index (χ3n) is 3.76. The van der Waals surface area contributed by atoms with E-state index in [2.05, 4.69) is 4.90 Å². The van der Waals surface area contributed by atoms with Crippen molar-refractivity contribution in [3.63, 3.8) is 0 Å². The highest BCUT2D eigenvalue weighted by Crippen LogP contribution is 2.25. The molecule has 1 aliphatic rings. The summed E-state index contributed by atoms with van der Waals surface area (Å²) >= 11 is 6.16. The fraction of sp³-hybridized carbons (Fsp3) is 0.533. The predicted molar refractivity (Wildman–Crippen MR) is 76.2 cm³/mol. The summed E-state index contributed by atoms with van der Waals surface area (Å²) in [5, 5.41) is 0.573. The second-order valence-electron chi connectivity index (χ2n) is 5.29. The van der Waals surface area contributed by atoms with Gasteiger partial charge in [0.1, 0.15) is 5.82 Å². The lowest BCUT2D eigenvalue weighted by Gasteiger charge is -2.31. The summed E-state index contributed by atoms with van der Waals surface area (Å²) in [5.41, 5.74) is 1.31. The van der Waals surface area contributed by atoms with E-state index < -0.39 is 0 Å². The number of nitrogens with zero attached hydrogens (tertiary/aromatic N) is 1. The molecule has 1 heterocycles. The van der Waals surface area contributed by atoms with Crippen molar-refractivity contribution in [1.82, 2.24) is 4.90 Å². The van der Waals surface area contributed by atoms with Crippen LogP contribution in [-0.2, 0) is 16.1 Å². The number of carbonyl (C=O) groups excluding carboxylic acids is 1. The maximum absolute atomic E-state index is 13.6. The molecule has 1 atom stereocenters. The summed E-state index contributed by atoms with van der Waals surface area (Å²) in [6, 6.07) is 3.13. The highest BCUT2D eigenvalue weighted by atomic mass is 35.5. The van der Waals surface area contributed by atoms with Gasteiger partial charge in [-0.2, -0.15) is 0 Å². The molecule has 1 aliphatic heterocycles. The first kappa shape index (κ1) is 15.3. The number of hydrogen-bond donors (Lipinski definition) is 0. The van der Waals surface area contributed by atoms with Crippen LogP contribution in [0.25, 0.3) is 0 Å². The molecule has 1 unspecified atom stereocenters. The fourth-order valence-corrected chi connectivity index (χ4v) is 2.89. The van der Waals surface area contributed by atoms with Crippen molar-refractivity contribution in [2.24, 2.45) is 5.92 Å². The normalized spacial score (nSPS) is 19.9. The molecule has 0 saturated carbocycles. The average molecular weight is 300 g/mol. The predicted octanol–water partition coefficient (Wildman–Crippen LogP) is 3.17. The molecule has 1 aromatic rings. The number of esters is 1. The average Bonchev–Trinajstić information content (AvgIpc) is 2.44. The SMILES string of the molecule is COC(=O)C1CCCN(Cc2cc(F)c(C)cc2Cl)C1. The molecule has 0 spiro atoms. The number of hydrogen-bond acceptors (Lipinski definition) is 3. The van der Waals surface area contributed by atoms with Crippen LogP contribution in [0.2, 0.25) is 5.02 Å². The molecule has 0 N–H and O–H groups in total. The Bertz CT molecular complexity index is 507. The highest BCUT2D eigenvalue weighted by molar-refractivity contribution is 6.31. The molecule has 5 heteroatoms. The Kier molecular flexibility index (Phi) is 5.00. The van der Waals surface area contributed by atoms with Crippen molar-refractivity contribution >= 4 is 17.6 Å². The molecule has 1 aromatic carbocycles. The zero-order valence-electron chi connectivity index (χ0n) is 11.8. The van der Waals surface area contributed by atoms with Gasteiger partial charge in [0.25, 0.3) is 0 Å². The van der Waals surface area contributed by atoms with Gasteiger partial charge in [-0.25, -0.2) is 4.39 Å². The molecule has 1 saturated heterocycles. The second-order valence-corrected chi connectivity index (χ2v) is 5.70. The number of halogens is 2. The van der Waals surface area contributed by atoms with E-state index in [1.807, 2.05) is 0 Å². The summed E-state index contributed by atoms with van der Waals surface area (Å²) in [5.74, 6) is -0.510. The lowest BCUT2D eigenvalue weighted by Crippen LogP contribution is -2.38. The van der Waals surface area contributed by atoms with Gasteiger partial charge in [-0.1, -0.05) is 11.6 Å². The minimum atomic E-state index is -0.245. The number of likely N-dealkylation sites (tertiary alicyclic amines) is 1. The van der Waals surface area contributed by atoms with E-state index in [-0.39, 0.29) is 17.7 Å². The number of carbonyl (C=O) groups is 1. The molecule has 1 fully saturated rings. The summed E-state index contributed by atoms with van der Waals surface area (Å²) in [6.45, 7) is 3.78. The molecule has 0 aliphatic carbocycles. The van der Waals surface area contributed by atoms with Gasteiger partial charge < -0.3 is 4.74 Å². The van der Waals surface area contributed by atoms with Crippen LogP contribution < -0.4 is 0 Å². The van der Waals surface area contributed by atoms with Gasteiger partial charge >= 0.3 is 5.97 Å². The molecular formula is C15H19ClFNO2. The van der Waals surface area contributed by atoms with Gasteiger partial charge in [0, 0.05) is 18.1 Å². The molecule has 3 nitrogen and oxygen atoms in total. The molecule has 0 radical (unpaired) electrons. The van der Waals surface area contributed by atoms with E-state index in [1.54, 1.807) is 13.0 Å². The highest BCUT2D eigenvalue weighted by Gasteiger charge is 2.26.